The van der Waals surface area contributed by atoms with Gasteiger partial charge in [-0.05, 0) is 24.3 Å². The number of thioether (sulfide) groups is 1. The first kappa shape index (κ1) is 15.9. The van der Waals surface area contributed by atoms with Gasteiger partial charge in [-0.1, -0.05) is 59.0 Å². The standard InChI is InChI=1S/C18H11ClN4OS2/c19-12-5-3-4-11(8-12)14-9-20-16(24-14)10-25-17-21-22-18-23(17)13-6-1-2-7-15(13)26-18/h1-9H,10H2. The van der Waals surface area contributed by atoms with Gasteiger partial charge in [0.2, 0.25) is 10.9 Å². The minimum Gasteiger partial charge on any atom is -0.440 e. The third kappa shape index (κ3) is 2.78. The monoisotopic (exact) mass is 398 g/mol. The molecule has 0 bridgehead atoms. The maximum atomic E-state index is 6.04. The van der Waals surface area contributed by atoms with Crippen LogP contribution in [-0.4, -0.2) is 19.6 Å². The first-order chi connectivity index (χ1) is 12.8. The van der Waals surface area contributed by atoms with Crippen molar-refractivity contribution in [1.82, 2.24) is 19.6 Å². The molecule has 0 saturated carbocycles. The number of nitrogens with zero attached hydrogens (tertiary/aromatic N) is 4. The number of benzene rings is 2. The SMILES string of the molecule is Clc1cccc(-c2cnc(CSc3nnc4sc5ccccc5n34)o2)c1. The normalized spacial score (nSPS) is 11.6. The minimum absolute atomic E-state index is 0.575. The van der Waals surface area contributed by atoms with Gasteiger partial charge < -0.3 is 4.42 Å². The van der Waals surface area contributed by atoms with Gasteiger partial charge >= 0.3 is 0 Å². The van der Waals surface area contributed by atoms with Gasteiger partial charge in [0.1, 0.15) is 0 Å². The third-order valence-electron chi connectivity index (χ3n) is 3.90. The van der Waals surface area contributed by atoms with E-state index >= 15 is 0 Å². The lowest BCUT2D eigenvalue weighted by Crippen LogP contribution is -1.87. The smallest absolute Gasteiger partial charge is 0.217 e. The zero-order valence-corrected chi connectivity index (χ0v) is 15.7. The van der Waals surface area contributed by atoms with Crippen LogP contribution in [0.15, 0.2) is 64.3 Å². The summed E-state index contributed by atoms with van der Waals surface area (Å²) in [5, 5.41) is 10.1. The van der Waals surface area contributed by atoms with Gasteiger partial charge in [-0.15, -0.1) is 10.2 Å². The summed E-state index contributed by atoms with van der Waals surface area (Å²) in [6.45, 7) is 0. The molecule has 3 aromatic heterocycles. The number of para-hydroxylation sites is 1. The van der Waals surface area contributed by atoms with Crippen LogP contribution in [0, 0.1) is 0 Å². The predicted octanol–water partition coefficient (Wildman–Crippen LogP) is 5.54. The van der Waals surface area contributed by atoms with Crippen LogP contribution in [0.5, 0.6) is 0 Å². The van der Waals surface area contributed by atoms with Crippen LogP contribution >= 0.6 is 34.7 Å². The highest BCUT2D eigenvalue weighted by Gasteiger charge is 2.14. The average molecular weight is 399 g/mol. The highest BCUT2D eigenvalue weighted by Crippen LogP contribution is 2.31. The number of halogens is 1. The van der Waals surface area contributed by atoms with Crippen molar-refractivity contribution in [3.63, 3.8) is 0 Å². The Balaban J connectivity index is 1.41. The van der Waals surface area contributed by atoms with E-state index < -0.39 is 0 Å². The highest BCUT2D eigenvalue weighted by atomic mass is 35.5. The number of hydrogen-bond donors (Lipinski definition) is 0. The highest BCUT2D eigenvalue weighted by molar-refractivity contribution is 7.98. The molecule has 5 aromatic rings. The molecule has 0 saturated heterocycles. The molecule has 0 atom stereocenters. The molecule has 5 rings (SSSR count). The molecule has 0 aliphatic rings. The number of aromatic nitrogens is 4. The zero-order valence-electron chi connectivity index (χ0n) is 13.3. The Kier molecular flexibility index (Phi) is 3.92. The van der Waals surface area contributed by atoms with Crippen LogP contribution in [0.1, 0.15) is 5.89 Å². The van der Waals surface area contributed by atoms with Crippen molar-refractivity contribution < 1.29 is 4.42 Å². The summed E-state index contributed by atoms with van der Waals surface area (Å²) in [6.07, 6.45) is 1.72. The first-order valence-corrected chi connectivity index (χ1v) is 10.0. The van der Waals surface area contributed by atoms with E-state index in [1.165, 1.54) is 4.70 Å². The Labute approximate surface area is 161 Å². The van der Waals surface area contributed by atoms with Gasteiger partial charge in [0.25, 0.3) is 0 Å². The molecule has 0 aliphatic carbocycles. The van der Waals surface area contributed by atoms with Gasteiger partial charge in [-0.2, -0.15) is 0 Å². The van der Waals surface area contributed by atoms with Crippen LogP contribution in [0.25, 0.3) is 26.5 Å². The molecule has 0 fully saturated rings. The molecular formula is C18H11ClN4OS2. The van der Waals surface area contributed by atoms with Gasteiger partial charge in [0.15, 0.2) is 10.9 Å². The number of fused-ring (bicyclic) bond motifs is 3. The molecular weight excluding hydrogens is 388 g/mol. The number of thiazole rings is 1. The fourth-order valence-electron chi connectivity index (χ4n) is 2.73. The van der Waals surface area contributed by atoms with E-state index in [1.54, 1.807) is 29.3 Å². The van der Waals surface area contributed by atoms with Gasteiger partial charge in [-0.25, -0.2) is 4.98 Å². The average Bonchev–Trinajstić information content (AvgIpc) is 3.35. The predicted molar refractivity (Wildman–Crippen MR) is 105 cm³/mol. The van der Waals surface area contributed by atoms with E-state index in [1.807, 2.05) is 36.4 Å². The zero-order chi connectivity index (χ0) is 17.5. The van der Waals surface area contributed by atoms with E-state index in [-0.39, 0.29) is 0 Å². The Hall–Kier alpha value is -2.35. The number of hydrogen-bond acceptors (Lipinski definition) is 6. The summed E-state index contributed by atoms with van der Waals surface area (Å²) in [5.74, 6) is 1.92. The third-order valence-corrected chi connectivity index (χ3v) is 6.06. The van der Waals surface area contributed by atoms with Crippen molar-refractivity contribution in [2.75, 3.05) is 0 Å². The van der Waals surface area contributed by atoms with E-state index in [2.05, 4.69) is 31.7 Å². The topological polar surface area (TPSA) is 56.2 Å². The molecule has 128 valence electrons. The van der Waals surface area contributed by atoms with Crippen LogP contribution in [0.3, 0.4) is 0 Å². The van der Waals surface area contributed by atoms with Crippen LogP contribution in [0.2, 0.25) is 5.02 Å². The summed E-state index contributed by atoms with van der Waals surface area (Å²) in [4.78, 5) is 5.26. The van der Waals surface area contributed by atoms with Crippen molar-refractivity contribution in [1.29, 1.82) is 0 Å². The second kappa shape index (κ2) is 6.42. The lowest BCUT2D eigenvalue weighted by Gasteiger charge is -1.98. The number of oxazole rings is 1. The van der Waals surface area contributed by atoms with Crippen molar-refractivity contribution >= 4 is 49.9 Å². The molecule has 3 heterocycles. The fourth-order valence-corrected chi connectivity index (χ4v) is 4.74. The molecule has 5 nitrogen and oxygen atoms in total. The maximum absolute atomic E-state index is 6.04. The van der Waals surface area contributed by atoms with E-state index in [4.69, 9.17) is 16.0 Å². The number of rotatable bonds is 4. The van der Waals surface area contributed by atoms with Crippen LogP contribution in [0.4, 0.5) is 0 Å². The molecule has 0 aliphatic heterocycles. The second-order valence-electron chi connectivity index (χ2n) is 5.59. The largest absolute Gasteiger partial charge is 0.440 e. The lowest BCUT2D eigenvalue weighted by molar-refractivity contribution is 0.530. The minimum atomic E-state index is 0.575. The van der Waals surface area contributed by atoms with E-state index in [9.17, 15) is 0 Å². The summed E-state index contributed by atoms with van der Waals surface area (Å²) in [7, 11) is 0. The molecule has 26 heavy (non-hydrogen) atoms. The van der Waals surface area contributed by atoms with E-state index in [0.29, 0.717) is 22.4 Å². The van der Waals surface area contributed by atoms with E-state index in [0.717, 1.165) is 21.2 Å². The second-order valence-corrected chi connectivity index (χ2v) is 7.98. The fraction of sp³-hybridized carbons (Fsp3) is 0.0556. The Morgan fingerprint density at radius 2 is 2.04 bits per heavy atom. The summed E-state index contributed by atoms with van der Waals surface area (Å²) < 4.78 is 9.13. The van der Waals surface area contributed by atoms with Gasteiger partial charge in [-0.3, -0.25) is 4.40 Å². The van der Waals surface area contributed by atoms with Gasteiger partial charge in [0.05, 0.1) is 22.2 Å². The Morgan fingerprint density at radius 3 is 2.96 bits per heavy atom. The molecule has 0 radical (unpaired) electrons. The molecule has 2 aromatic carbocycles. The Bertz CT molecular complexity index is 1230. The quantitative estimate of drug-likeness (QED) is 0.372. The maximum Gasteiger partial charge on any atom is 0.217 e. The lowest BCUT2D eigenvalue weighted by atomic mass is 10.2. The molecule has 0 N–H and O–H groups in total. The molecule has 8 heteroatoms. The van der Waals surface area contributed by atoms with Crippen LogP contribution in [-0.2, 0) is 5.75 Å². The summed E-state index contributed by atoms with van der Waals surface area (Å²) in [6, 6.07) is 15.8. The van der Waals surface area contributed by atoms with Crippen molar-refractivity contribution in [2.45, 2.75) is 10.9 Å². The van der Waals surface area contributed by atoms with Crippen LogP contribution < -0.4 is 0 Å². The summed E-state index contributed by atoms with van der Waals surface area (Å²) >= 11 is 9.23. The summed E-state index contributed by atoms with van der Waals surface area (Å²) in [5.41, 5.74) is 2.03. The van der Waals surface area contributed by atoms with Crippen molar-refractivity contribution in [2.24, 2.45) is 0 Å². The first-order valence-electron chi connectivity index (χ1n) is 7.84. The molecule has 0 spiro atoms. The molecule has 0 amide bonds. The molecule has 0 unspecified atom stereocenters. The van der Waals surface area contributed by atoms with Gasteiger partial charge in [0, 0.05) is 10.6 Å². The van der Waals surface area contributed by atoms with Crippen molar-refractivity contribution in [3.05, 3.63) is 65.6 Å². The Morgan fingerprint density at radius 1 is 1.12 bits per heavy atom. The van der Waals surface area contributed by atoms with Crippen molar-refractivity contribution in [3.8, 4) is 11.3 Å².